The van der Waals surface area contributed by atoms with Crippen LogP contribution in [-0.4, -0.2) is 21.6 Å². The van der Waals surface area contributed by atoms with Crippen LogP contribution < -0.4 is 10.3 Å². The summed E-state index contributed by atoms with van der Waals surface area (Å²) in [5.41, 5.74) is 0.856. The van der Waals surface area contributed by atoms with Gasteiger partial charge in [-0.1, -0.05) is 17.5 Å². The predicted octanol–water partition coefficient (Wildman–Crippen LogP) is 2.61. The molecule has 116 valence electrons. The van der Waals surface area contributed by atoms with Gasteiger partial charge in [-0.2, -0.15) is 0 Å². The molecule has 1 N–H and O–H groups in total. The Kier molecular flexibility index (Phi) is 4.53. The Balaban J connectivity index is 2.83. The first-order valence-electron chi connectivity index (χ1n) is 6.75. The molecule has 5 nitrogen and oxygen atoms in total. The normalized spacial score (nSPS) is 10.2. The number of aromatic nitrogens is 2. The van der Waals surface area contributed by atoms with Gasteiger partial charge in [-0.3, -0.25) is 9.48 Å². The molecular weight excluding hydrogens is 304 g/mol. The van der Waals surface area contributed by atoms with Crippen molar-refractivity contribution in [2.24, 2.45) is 7.05 Å². The first kappa shape index (κ1) is 16.1. The van der Waals surface area contributed by atoms with Gasteiger partial charge in [0.05, 0.1) is 17.7 Å². The van der Waals surface area contributed by atoms with Crippen molar-refractivity contribution in [2.45, 2.75) is 20.4 Å². The molecular formula is C16H17ClN2O3. The van der Waals surface area contributed by atoms with E-state index in [-0.39, 0.29) is 17.0 Å². The largest absolute Gasteiger partial charge is 0.496 e. The molecule has 0 aliphatic rings. The summed E-state index contributed by atoms with van der Waals surface area (Å²) in [6.07, 6.45) is 0. The maximum atomic E-state index is 12.5. The van der Waals surface area contributed by atoms with Gasteiger partial charge in [0.2, 0.25) is 5.88 Å². The highest BCUT2D eigenvalue weighted by atomic mass is 35.5. The Morgan fingerprint density at radius 3 is 2.55 bits per heavy atom. The summed E-state index contributed by atoms with van der Waals surface area (Å²) in [5.74, 6) is 5.92. The molecule has 2 aromatic rings. The Labute approximate surface area is 133 Å². The van der Waals surface area contributed by atoms with Crippen LogP contribution in [0.1, 0.15) is 19.4 Å². The van der Waals surface area contributed by atoms with Crippen LogP contribution in [0.2, 0.25) is 5.02 Å². The lowest BCUT2D eigenvalue weighted by atomic mass is 10.0. The highest BCUT2D eigenvalue weighted by molar-refractivity contribution is 6.34. The second-order valence-corrected chi connectivity index (χ2v) is 5.06. The lowest BCUT2D eigenvalue weighted by Crippen LogP contribution is -2.20. The van der Waals surface area contributed by atoms with Gasteiger partial charge in [0, 0.05) is 19.2 Å². The van der Waals surface area contributed by atoms with Gasteiger partial charge in [-0.05, 0) is 26.0 Å². The van der Waals surface area contributed by atoms with E-state index in [0.29, 0.717) is 28.4 Å². The van der Waals surface area contributed by atoms with E-state index < -0.39 is 0 Å². The van der Waals surface area contributed by atoms with E-state index in [0.717, 1.165) is 0 Å². The van der Waals surface area contributed by atoms with E-state index in [1.165, 1.54) is 16.5 Å². The lowest BCUT2D eigenvalue weighted by Gasteiger charge is -2.10. The van der Waals surface area contributed by atoms with Crippen LogP contribution >= 0.6 is 11.6 Å². The number of hydrogen-bond donors (Lipinski definition) is 1. The third-order valence-electron chi connectivity index (χ3n) is 3.43. The molecule has 0 fully saturated rings. The highest BCUT2D eigenvalue weighted by Gasteiger charge is 2.24. The Morgan fingerprint density at radius 1 is 1.36 bits per heavy atom. The molecule has 0 aliphatic carbocycles. The molecule has 2 rings (SSSR count). The monoisotopic (exact) mass is 320 g/mol. The number of halogens is 1. The Morgan fingerprint density at radius 2 is 2.05 bits per heavy atom. The molecule has 1 aromatic carbocycles. The Hall–Kier alpha value is -2.32. The molecule has 6 heteroatoms. The van der Waals surface area contributed by atoms with Gasteiger partial charge in [0.15, 0.2) is 0 Å². The van der Waals surface area contributed by atoms with Crippen LogP contribution in [0, 0.1) is 11.8 Å². The number of benzene rings is 1. The quantitative estimate of drug-likeness (QED) is 0.884. The van der Waals surface area contributed by atoms with Crippen molar-refractivity contribution in [3.8, 4) is 34.6 Å². The standard InChI is InChI=1S/C16H17ClN2O3/c1-5-7-10-8-11(17)13(12(9-10)22-4)14-15(20)18(3)19(6-2)16(14)21/h8-9,20H,6H2,1-4H3. The van der Waals surface area contributed by atoms with Gasteiger partial charge in [-0.25, -0.2) is 4.68 Å². The van der Waals surface area contributed by atoms with Crippen LogP contribution in [-0.2, 0) is 13.6 Å². The molecule has 22 heavy (non-hydrogen) atoms. The second kappa shape index (κ2) is 6.20. The summed E-state index contributed by atoms with van der Waals surface area (Å²) in [6.45, 7) is 3.98. The minimum absolute atomic E-state index is 0.127. The van der Waals surface area contributed by atoms with Crippen molar-refractivity contribution in [1.29, 1.82) is 0 Å². The van der Waals surface area contributed by atoms with E-state index in [1.807, 2.05) is 6.92 Å². The van der Waals surface area contributed by atoms with Gasteiger partial charge >= 0.3 is 0 Å². The minimum Gasteiger partial charge on any atom is -0.496 e. The Bertz CT molecular complexity index is 838. The molecule has 0 atom stereocenters. The van der Waals surface area contributed by atoms with E-state index in [4.69, 9.17) is 16.3 Å². The molecule has 1 aromatic heterocycles. The fourth-order valence-electron chi connectivity index (χ4n) is 2.41. The van der Waals surface area contributed by atoms with Crippen LogP contribution in [0.4, 0.5) is 0 Å². The highest BCUT2D eigenvalue weighted by Crippen LogP contribution is 2.39. The number of aromatic hydroxyl groups is 1. The van der Waals surface area contributed by atoms with Crippen molar-refractivity contribution in [3.63, 3.8) is 0 Å². The van der Waals surface area contributed by atoms with Crippen molar-refractivity contribution in [2.75, 3.05) is 7.11 Å². The number of rotatable bonds is 3. The third-order valence-corrected chi connectivity index (χ3v) is 3.73. The summed E-state index contributed by atoms with van der Waals surface area (Å²) in [7, 11) is 3.09. The van der Waals surface area contributed by atoms with Crippen molar-refractivity contribution in [1.82, 2.24) is 9.36 Å². The number of nitrogens with zero attached hydrogens (tertiary/aromatic N) is 2. The maximum Gasteiger partial charge on any atom is 0.278 e. The smallest absolute Gasteiger partial charge is 0.278 e. The molecule has 0 radical (unpaired) electrons. The molecule has 0 amide bonds. The molecule has 0 bridgehead atoms. The average Bonchev–Trinajstić information content (AvgIpc) is 2.69. The first-order chi connectivity index (χ1) is 10.5. The van der Waals surface area contributed by atoms with Crippen molar-refractivity contribution < 1.29 is 9.84 Å². The van der Waals surface area contributed by atoms with E-state index >= 15 is 0 Å². The molecule has 0 unspecified atom stereocenters. The number of ether oxygens (including phenoxy) is 1. The lowest BCUT2D eigenvalue weighted by molar-refractivity contribution is 0.386. The maximum absolute atomic E-state index is 12.5. The van der Waals surface area contributed by atoms with Crippen molar-refractivity contribution in [3.05, 3.63) is 33.1 Å². The molecule has 0 aliphatic heterocycles. The third kappa shape index (κ3) is 2.46. The second-order valence-electron chi connectivity index (χ2n) is 4.65. The van der Waals surface area contributed by atoms with Gasteiger partial charge in [0.1, 0.15) is 11.3 Å². The summed E-state index contributed by atoms with van der Waals surface area (Å²) >= 11 is 6.32. The summed E-state index contributed by atoms with van der Waals surface area (Å²) in [4.78, 5) is 12.5. The summed E-state index contributed by atoms with van der Waals surface area (Å²) < 4.78 is 8.15. The molecule has 0 saturated heterocycles. The van der Waals surface area contributed by atoms with Gasteiger partial charge < -0.3 is 9.84 Å². The SMILES string of the molecule is CC#Cc1cc(Cl)c(-c2c(O)n(C)n(CC)c2=O)c(OC)c1. The van der Waals surface area contributed by atoms with Gasteiger partial charge in [0.25, 0.3) is 5.56 Å². The van der Waals surface area contributed by atoms with Crippen molar-refractivity contribution >= 4 is 11.6 Å². The van der Waals surface area contributed by atoms with Crippen LogP contribution in [0.25, 0.3) is 11.1 Å². The van der Waals surface area contributed by atoms with E-state index in [9.17, 15) is 9.90 Å². The predicted molar refractivity (Wildman–Crippen MR) is 86.6 cm³/mol. The molecule has 1 heterocycles. The fraction of sp³-hybridized carbons (Fsp3) is 0.312. The van der Waals surface area contributed by atoms with E-state index in [1.54, 1.807) is 26.1 Å². The summed E-state index contributed by atoms with van der Waals surface area (Å²) in [6, 6.07) is 3.35. The zero-order valence-corrected chi connectivity index (χ0v) is 13.7. The van der Waals surface area contributed by atoms with Crippen LogP contribution in [0.3, 0.4) is 0 Å². The minimum atomic E-state index is -0.322. The molecule has 0 spiro atoms. The first-order valence-corrected chi connectivity index (χ1v) is 7.13. The van der Waals surface area contributed by atoms with Crippen LogP contribution in [0.5, 0.6) is 11.6 Å². The zero-order valence-electron chi connectivity index (χ0n) is 12.9. The number of hydrogen-bond acceptors (Lipinski definition) is 3. The fourth-order valence-corrected chi connectivity index (χ4v) is 2.72. The van der Waals surface area contributed by atoms with Gasteiger partial charge in [-0.15, -0.1) is 5.92 Å². The molecule has 0 saturated carbocycles. The average molecular weight is 321 g/mol. The van der Waals surface area contributed by atoms with Crippen LogP contribution in [0.15, 0.2) is 16.9 Å². The number of methoxy groups -OCH3 is 1. The zero-order chi connectivity index (χ0) is 16.4. The summed E-state index contributed by atoms with van der Waals surface area (Å²) in [5, 5.41) is 10.6. The van der Waals surface area contributed by atoms with E-state index in [2.05, 4.69) is 11.8 Å². The topological polar surface area (TPSA) is 56.4 Å².